The van der Waals surface area contributed by atoms with Crippen molar-refractivity contribution in [2.45, 2.75) is 12.8 Å². The lowest BCUT2D eigenvalue weighted by atomic mass is 10.1. The van der Waals surface area contributed by atoms with Gasteiger partial charge in [-0.1, -0.05) is 18.2 Å². The smallest absolute Gasteiger partial charge is 0.354 e. The molecular weight excluding hydrogens is 396 g/mol. The first-order chi connectivity index (χ1) is 12.5. The Morgan fingerprint density at radius 2 is 2.00 bits per heavy atom. The maximum Gasteiger partial charge on any atom is 0.354 e. The van der Waals surface area contributed by atoms with Gasteiger partial charge in [-0.3, -0.25) is 0 Å². The molecule has 1 aromatic heterocycles. The number of carbonyl (C=O) groups is 1. The summed E-state index contributed by atoms with van der Waals surface area (Å²) in [5.41, 5.74) is 9.29. The molecule has 0 aliphatic heterocycles. The van der Waals surface area contributed by atoms with Crippen LogP contribution in [-0.2, 0) is 18.2 Å². The Morgan fingerprint density at radius 1 is 1.23 bits per heavy atom. The molecule has 0 bridgehead atoms. The molecule has 5 nitrogen and oxygen atoms in total. The molecular formula is C20H21BrN2O3. The molecule has 3 rings (SSSR count). The van der Waals surface area contributed by atoms with Gasteiger partial charge >= 0.3 is 5.97 Å². The molecule has 0 aliphatic rings. The van der Waals surface area contributed by atoms with Crippen molar-refractivity contribution < 1.29 is 14.3 Å². The second-order valence-electron chi connectivity index (χ2n) is 6.04. The van der Waals surface area contributed by atoms with E-state index in [1.165, 1.54) is 7.11 Å². The number of esters is 1. The van der Waals surface area contributed by atoms with Crippen molar-refractivity contribution in [3.8, 4) is 5.75 Å². The highest BCUT2D eigenvalue weighted by Gasteiger charge is 2.18. The zero-order chi connectivity index (χ0) is 18.7. The van der Waals surface area contributed by atoms with Crippen LogP contribution in [0.2, 0.25) is 0 Å². The molecule has 0 unspecified atom stereocenters. The number of halogens is 1. The number of carbonyl (C=O) groups excluding carboxylic acids is 1. The van der Waals surface area contributed by atoms with Gasteiger partial charge in [0, 0.05) is 22.6 Å². The van der Waals surface area contributed by atoms with Crippen molar-refractivity contribution in [2.24, 2.45) is 7.05 Å². The number of para-hydroxylation sites is 1. The van der Waals surface area contributed by atoms with Gasteiger partial charge in [0.05, 0.1) is 19.2 Å². The average molecular weight is 417 g/mol. The van der Waals surface area contributed by atoms with Gasteiger partial charge in [0.2, 0.25) is 0 Å². The quantitative estimate of drug-likeness (QED) is 0.369. The van der Waals surface area contributed by atoms with Gasteiger partial charge in [0.1, 0.15) is 11.4 Å². The number of fused-ring (bicyclic) bond motifs is 1. The van der Waals surface area contributed by atoms with Crippen molar-refractivity contribution >= 4 is 38.5 Å². The van der Waals surface area contributed by atoms with Crippen LogP contribution in [-0.4, -0.2) is 24.3 Å². The SMILES string of the molecule is COC(=O)c1cc2c(OCCCc3ccccc3N)ccc(Br)c2n1C. The summed E-state index contributed by atoms with van der Waals surface area (Å²) >= 11 is 3.54. The van der Waals surface area contributed by atoms with Crippen LogP contribution in [0, 0.1) is 0 Å². The van der Waals surface area contributed by atoms with Crippen molar-refractivity contribution in [2.75, 3.05) is 19.5 Å². The minimum atomic E-state index is -0.374. The maximum atomic E-state index is 12.0. The Kier molecular flexibility index (Phi) is 5.52. The van der Waals surface area contributed by atoms with Crippen LogP contribution < -0.4 is 10.5 Å². The number of nitrogens with zero attached hydrogens (tertiary/aromatic N) is 1. The maximum absolute atomic E-state index is 12.0. The zero-order valence-corrected chi connectivity index (χ0v) is 16.4. The number of nitrogens with two attached hydrogens (primary N) is 1. The van der Waals surface area contributed by atoms with Gasteiger partial charge < -0.3 is 19.8 Å². The van der Waals surface area contributed by atoms with Crippen LogP contribution >= 0.6 is 15.9 Å². The topological polar surface area (TPSA) is 66.5 Å². The van der Waals surface area contributed by atoms with Crippen molar-refractivity contribution in [1.82, 2.24) is 4.57 Å². The molecule has 3 aromatic rings. The van der Waals surface area contributed by atoms with E-state index in [4.69, 9.17) is 15.2 Å². The number of nitrogen functional groups attached to an aromatic ring is 1. The number of aromatic nitrogens is 1. The molecule has 2 aromatic carbocycles. The van der Waals surface area contributed by atoms with E-state index in [1.807, 2.05) is 48.0 Å². The fourth-order valence-corrected chi connectivity index (χ4v) is 3.64. The Morgan fingerprint density at radius 3 is 2.73 bits per heavy atom. The number of aryl methyl sites for hydroxylation is 2. The molecule has 136 valence electrons. The average Bonchev–Trinajstić information content (AvgIpc) is 2.99. The summed E-state index contributed by atoms with van der Waals surface area (Å²) in [6.45, 7) is 0.563. The lowest BCUT2D eigenvalue weighted by Crippen LogP contribution is -2.07. The summed E-state index contributed by atoms with van der Waals surface area (Å²) in [6, 6.07) is 13.5. The fraction of sp³-hybridized carbons (Fsp3) is 0.250. The van der Waals surface area contributed by atoms with Crippen molar-refractivity contribution in [3.63, 3.8) is 0 Å². The summed E-state index contributed by atoms with van der Waals surface area (Å²) in [4.78, 5) is 12.0. The van der Waals surface area contributed by atoms with E-state index >= 15 is 0 Å². The lowest BCUT2D eigenvalue weighted by molar-refractivity contribution is 0.0590. The molecule has 26 heavy (non-hydrogen) atoms. The van der Waals surface area contributed by atoms with Gasteiger partial charge in [0.25, 0.3) is 0 Å². The van der Waals surface area contributed by atoms with Gasteiger partial charge in [0.15, 0.2) is 0 Å². The summed E-state index contributed by atoms with van der Waals surface area (Å²) < 4.78 is 13.6. The molecule has 0 radical (unpaired) electrons. The third-order valence-electron chi connectivity index (χ3n) is 4.40. The van der Waals surface area contributed by atoms with Gasteiger partial charge in [-0.05, 0) is 58.6 Å². The standard InChI is InChI=1S/C20H21BrN2O3/c1-23-17(20(24)25-2)12-14-18(10-9-15(21)19(14)23)26-11-5-7-13-6-3-4-8-16(13)22/h3-4,6,8-10,12H,5,7,11,22H2,1-2H3. The third-order valence-corrected chi connectivity index (χ3v) is 5.04. The Hall–Kier alpha value is -2.47. The summed E-state index contributed by atoms with van der Waals surface area (Å²) in [6.07, 6.45) is 1.71. The summed E-state index contributed by atoms with van der Waals surface area (Å²) in [5.74, 6) is 0.371. The molecule has 0 saturated heterocycles. The Balaban J connectivity index is 1.77. The van der Waals surface area contributed by atoms with E-state index in [0.717, 1.165) is 45.2 Å². The van der Waals surface area contributed by atoms with E-state index in [2.05, 4.69) is 15.9 Å². The minimum absolute atomic E-state index is 0.374. The molecule has 0 saturated carbocycles. The molecule has 2 N–H and O–H groups in total. The zero-order valence-electron chi connectivity index (χ0n) is 14.8. The molecule has 0 spiro atoms. The first-order valence-corrected chi connectivity index (χ1v) is 9.14. The Bertz CT molecular complexity index is 950. The Labute approximate surface area is 160 Å². The second-order valence-corrected chi connectivity index (χ2v) is 6.89. The number of anilines is 1. The predicted molar refractivity (Wildman–Crippen MR) is 107 cm³/mol. The first kappa shape index (κ1) is 18.3. The van der Waals surface area contributed by atoms with Crippen LogP contribution in [0.25, 0.3) is 10.9 Å². The molecule has 0 amide bonds. The number of ether oxygens (including phenoxy) is 2. The number of hydrogen-bond acceptors (Lipinski definition) is 4. The first-order valence-electron chi connectivity index (χ1n) is 8.35. The number of methoxy groups -OCH3 is 1. The van der Waals surface area contributed by atoms with Crippen LogP contribution in [0.4, 0.5) is 5.69 Å². The molecule has 0 aliphatic carbocycles. The van der Waals surface area contributed by atoms with E-state index in [0.29, 0.717) is 12.3 Å². The number of hydrogen-bond donors (Lipinski definition) is 1. The monoisotopic (exact) mass is 416 g/mol. The predicted octanol–water partition coefficient (Wildman–Crippen LogP) is 4.32. The summed E-state index contributed by atoms with van der Waals surface area (Å²) in [5, 5.41) is 0.876. The fourth-order valence-electron chi connectivity index (χ4n) is 3.03. The molecule has 1 heterocycles. The van der Waals surface area contributed by atoms with Crippen molar-refractivity contribution in [1.29, 1.82) is 0 Å². The molecule has 6 heteroatoms. The second kappa shape index (κ2) is 7.83. The molecule has 0 fully saturated rings. The van der Waals surface area contributed by atoms with Crippen LogP contribution in [0.1, 0.15) is 22.5 Å². The van der Waals surface area contributed by atoms with Gasteiger partial charge in [-0.25, -0.2) is 4.79 Å². The number of rotatable bonds is 6. The van der Waals surface area contributed by atoms with Gasteiger partial charge in [-0.15, -0.1) is 0 Å². The summed E-state index contributed by atoms with van der Waals surface area (Å²) in [7, 11) is 3.21. The van der Waals surface area contributed by atoms with Crippen LogP contribution in [0.15, 0.2) is 46.9 Å². The van der Waals surface area contributed by atoms with E-state index in [9.17, 15) is 4.79 Å². The van der Waals surface area contributed by atoms with E-state index in [-0.39, 0.29) is 5.97 Å². The largest absolute Gasteiger partial charge is 0.493 e. The van der Waals surface area contributed by atoms with Crippen LogP contribution in [0.5, 0.6) is 5.75 Å². The highest BCUT2D eigenvalue weighted by Crippen LogP contribution is 2.34. The minimum Gasteiger partial charge on any atom is -0.493 e. The van der Waals surface area contributed by atoms with Crippen LogP contribution in [0.3, 0.4) is 0 Å². The lowest BCUT2D eigenvalue weighted by Gasteiger charge is -2.10. The highest BCUT2D eigenvalue weighted by atomic mass is 79.9. The third kappa shape index (κ3) is 3.55. The number of benzene rings is 2. The van der Waals surface area contributed by atoms with E-state index in [1.54, 1.807) is 6.07 Å². The van der Waals surface area contributed by atoms with Gasteiger partial charge in [-0.2, -0.15) is 0 Å². The van der Waals surface area contributed by atoms with Crippen molar-refractivity contribution in [3.05, 3.63) is 58.2 Å². The normalized spacial score (nSPS) is 10.9. The van der Waals surface area contributed by atoms with E-state index < -0.39 is 0 Å². The highest BCUT2D eigenvalue weighted by molar-refractivity contribution is 9.10. The molecule has 0 atom stereocenters.